The molecule has 0 radical (unpaired) electrons. The lowest BCUT2D eigenvalue weighted by molar-refractivity contribution is -0.162. The number of hydrogen-bond donors (Lipinski definition) is 2. The molecule has 2 aliphatic rings. The molecule has 0 unspecified atom stereocenters. The van der Waals surface area contributed by atoms with E-state index in [-0.39, 0.29) is 12.4 Å². The minimum atomic E-state index is -4.48. The first-order chi connectivity index (χ1) is 21.6. The molecule has 0 bridgehead atoms. The van der Waals surface area contributed by atoms with Crippen molar-refractivity contribution < 1.29 is 18.0 Å². The normalized spacial score (nSPS) is 17.7. The van der Waals surface area contributed by atoms with Gasteiger partial charge in [-0.1, -0.05) is 6.92 Å². The van der Waals surface area contributed by atoms with Gasteiger partial charge in [0.05, 0.1) is 34.9 Å². The molecule has 46 heavy (non-hydrogen) atoms. The number of halogens is 4. The first kappa shape index (κ1) is 33.2. The van der Waals surface area contributed by atoms with Gasteiger partial charge in [0.2, 0.25) is 5.91 Å². The summed E-state index contributed by atoms with van der Waals surface area (Å²) in [5.41, 5.74) is 3.79. The molecule has 2 N–H and O–H groups in total. The molecule has 2 fully saturated rings. The third kappa shape index (κ3) is 6.41. The molecular weight excluding hydrogens is 619 g/mol. The van der Waals surface area contributed by atoms with E-state index in [1.54, 1.807) is 16.9 Å². The number of alkyl halides is 3. The minimum Gasteiger partial charge on any atom is -0.357 e. The van der Waals surface area contributed by atoms with Crippen molar-refractivity contribution in [2.24, 2.45) is 5.41 Å². The number of carbonyl (C=O) groups is 1. The highest BCUT2D eigenvalue weighted by atomic mass is 35.5. The molecule has 6 heterocycles. The van der Waals surface area contributed by atoms with Crippen LogP contribution in [0.15, 0.2) is 49.2 Å². The molecular formula is C32H37ClF3N9O. The van der Waals surface area contributed by atoms with E-state index in [9.17, 15) is 23.2 Å². The Bertz CT molecular complexity index is 1710. The van der Waals surface area contributed by atoms with Crippen LogP contribution in [0.5, 0.6) is 0 Å². The third-order valence-corrected chi connectivity index (χ3v) is 9.45. The van der Waals surface area contributed by atoms with Gasteiger partial charge in [0, 0.05) is 53.9 Å². The maximum Gasteiger partial charge on any atom is 0.408 e. The Balaban J connectivity index is 0.00000417. The molecule has 0 saturated carbocycles. The number of amides is 1. The van der Waals surface area contributed by atoms with E-state index in [4.69, 9.17) is 4.98 Å². The van der Waals surface area contributed by atoms with Crippen LogP contribution < -0.4 is 15.5 Å². The molecule has 6 rings (SSSR count). The van der Waals surface area contributed by atoms with Gasteiger partial charge in [-0.15, -0.1) is 12.4 Å². The van der Waals surface area contributed by atoms with Gasteiger partial charge in [-0.05, 0) is 70.3 Å². The number of aromatic nitrogens is 5. The number of rotatable bonds is 7. The van der Waals surface area contributed by atoms with Crippen molar-refractivity contribution >= 4 is 29.6 Å². The number of anilines is 1. The van der Waals surface area contributed by atoms with Crippen LogP contribution in [-0.4, -0.2) is 68.7 Å². The van der Waals surface area contributed by atoms with E-state index in [2.05, 4.69) is 38.0 Å². The SMILES string of the molecule is CCC1(C(=O)N[C@H](C)C(F)(F)F)CCN(c2ccc(-c3cc(-c4cnn(C5CCNCC5)c4)cn4ncc(C#N)c34)cn2)CC1.Cl. The van der Waals surface area contributed by atoms with Crippen LogP contribution in [0, 0.1) is 16.7 Å². The number of piperidine rings is 2. The predicted octanol–water partition coefficient (Wildman–Crippen LogP) is 5.54. The highest BCUT2D eigenvalue weighted by molar-refractivity contribution is 5.87. The second kappa shape index (κ2) is 13.3. The number of hydrogen-bond acceptors (Lipinski definition) is 7. The first-order valence-corrected chi connectivity index (χ1v) is 15.4. The summed E-state index contributed by atoms with van der Waals surface area (Å²) in [6, 6.07) is 6.59. The summed E-state index contributed by atoms with van der Waals surface area (Å²) in [6.45, 7) is 5.75. The van der Waals surface area contributed by atoms with E-state index in [0.717, 1.165) is 60.9 Å². The van der Waals surface area contributed by atoms with Crippen LogP contribution in [0.3, 0.4) is 0 Å². The summed E-state index contributed by atoms with van der Waals surface area (Å²) in [6.07, 6.45) is 8.03. The summed E-state index contributed by atoms with van der Waals surface area (Å²) in [4.78, 5) is 19.7. The van der Waals surface area contributed by atoms with Gasteiger partial charge in [-0.3, -0.25) is 9.48 Å². The zero-order chi connectivity index (χ0) is 31.8. The molecule has 0 aromatic carbocycles. The Morgan fingerprint density at radius 3 is 2.48 bits per heavy atom. The zero-order valence-corrected chi connectivity index (χ0v) is 26.5. The third-order valence-electron chi connectivity index (χ3n) is 9.45. The van der Waals surface area contributed by atoms with E-state index in [1.807, 2.05) is 42.2 Å². The molecule has 4 aromatic rings. The van der Waals surface area contributed by atoms with Crippen molar-refractivity contribution in [1.29, 1.82) is 5.26 Å². The van der Waals surface area contributed by atoms with E-state index in [1.165, 1.54) is 0 Å². The number of nitrogens with one attached hydrogen (secondary N) is 2. The Morgan fingerprint density at radius 1 is 1.11 bits per heavy atom. The van der Waals surface area contributed by atoms with E-state index < -0.39 is 23.5 Å². The molecule has 0 spiro atoms. The van der Waals surface area contributed by atoms with Gasteiger partial charge >= 0.3 is 6.18 Å². The molecule has 4 aromatic heterocycles. The van der Waals surface area contributed by atoms with Crippen LogP contribution in [0.2, 0.25) is 0 Å². The largest absolute Gasteiger partial charge is 0.408 e. The Morgan fingerprint density at radius 2 is 1.85 bits per heavy atom. The highest BCUT2D eigenvalue weighted by Gasteiger charge is 2.44. The molecule has 1 atom stereocenters. The lowest BCUT2D eigenvalue weighted by Gasteiger charge is -2.41. The van der Waals surface area contributed by atoms with E-state index >= 15 is 0 Å². The van der Waals surface area contributed by atoms with Crippen molar-refractivity contribution in [1.82, 2.24) is 35.0 Å². The van der Waals surface area contributed by atoms with Gasteiger partial charge in [0.15, 0.2) is 0 Å². The lowest BCUT2D eigenvalue weighted by Crippen LogP contribution is -2.53. The predicted molar refractivity (Wildman–Crippen MR) is 171 cm³/mol. The number of nitrogens with zero attached hydrogens (tertiary/aromatic N) is 7. The molecule has 2 aliphatic heterocycles. The number of carbonyl (C=O) groups excluding carboxylic acids is 1. The van der Waals surface area contributed by atoms with Gasteiger partial charge in [-0.2, -0.15) is 28.6 Å². The smallest absolute Gasteiger partial charge is 0.357 e. The van der Waals surface area contributed by atoms with Crippen LogP contribution in [-0.2, 0) is 4.79 Å². The van der Waals surface area contributed by atoms with Crippen LogP contribution in [0.25, 0.3) is 27.8 Å². The summed E-state index contributed by atoms with van der Waals surface area (Å²) in [7, 11) is 0. The summed E-state index contributed by atoms with van der Waals surface area (Å²) in [5, 5.41) is 24.5. The summed E-state index contributed by atoms with van der Waals surface area (Å²) >= 11 is 0. The summed E-state index contributed by atoms with van der Waals surface area (Å²) < 4.78 is 43.0. The van der Waals surface area contributed by atoms with Crippen LogP contribution in [0.4, 0.5) is 19.0 Å². The Kier molecular flexibility index (Phi) is 9.60. The monoisotopic (exact) mass is 655 g/mol. The topological polar surface area (TPSA) is 116 Å². The van der Waals surface area contributed by atoms with Crippen molar-refractivity contribution in [3.63, 3.8) is 0 Å². The maximum absolute atomic E-state index is 13.1. The van der Waals surface area contributed by atoms with Gasteiger partial charge < -0.3 is 15.5 Å². The number of fused-ring (bicyclic) bond motifs is 1. The average molecular weight is 656 g/mol. The molecule has 14 heteroatoms. The molecule has 2 saturated heterocycles. The standard InChI is InChI=1S/C32H36F3N9O.ClH/c1-3-31(30(45)41-21(2)32(33,34)35)8-12-42(13-9-31)28-5-4-22(16-38-28)27-14-23(19-44-29(27)24(15-36)17-40-44)25-18-39-43(20-25)26-6-10-37-11-7-26;/h4-5,14,16-21,26,37H,3,6-13H2,1-2H3,(H,41,45);1H/t21-;/m1./s1. The molecule has 244 valence electrons. The minimum absolute atomic E-state index is 0. The lowest BCUT2D eigenvalue weighted by atomic mass is 9.75. The zero-order valence-electron chi connectivity index (χ0n) is 25.7. The first-order valence-electron chi connectivity index (χ1n) is 15.4. The maximum atomic E-state index is 13.1. The van der Waals surface area contributed by atoms with Gasteiger partial charge in [-0.25, -0.2) is 9.50 Å². The summed E-state index contributed by atoms with van der Waals surface area (Å²) in [5.74, 6) is 0.175. The van der Waals surface area contributed by atoms with E-state index in [0.29, 0.717) is 49.5 Å². The van der Waals surface area contributed by atoms with Crippen molar-refractivity contribution in [2.45, 2.75) is 64.2 Å². The van der Waals surface area contributed by atoms with Crippen molar-refractivity contribution in [2.75, 3.05) is 31.1 Å². The second-order valence-corrected chi connectivity index (χ2v) is 12.1. The van der Waals surface area contributed by atoms with Gasteiger partial charge in [0.25, 0.3) is 0 Å². The molecule has 10 nitrogen and oxygen atoms in total. The van der Waals surface area contributed by atoms with Crippen molar-refractivity contribution in [3.8, 4) is 28.3 Å². The highest BCUT2D eigenvalue weighted by Crippen LogP contribution is 2.38. The van der Waals surface area contributed by atoms with Crippen molar-refractivity contribution in [3.05, 3.63) is 54.7 Å². The van der Waals surface area contributed by atoms with Gasteiger partial charge in [0.1, 0.15) is 17.9 Å². The quantitative estimate of drug-likeness (QED) is 0.269. The Labute approximate surface area is 271 Å². The molecule has 1 amide bonds. The Hall–Kier alpha value is -4.15. The fourth-order valence-electron chi connectivity index (χ4n) is 6.41. The van der Waals surface area contributed by atoms with Crippen LogP contribution >= 0.6 is 12.4 Å². The molecule has 0 aliphatic carbocycles. The second-order valence-electron chi connectivity index (χ2n) is 12.1. The van der Waals surface area contributed by atoms with Crippen LogP contribution in [0.1, 0.15) is 57.6 Å². The number of pyridine rings is 2. The fraction of sp³-hybridized carbons (Fsp3) is 0.469. The number of nitriles is 1. The fourth-order valence-corrected chi connectivity index (χ4v) is 6.41. The average Bonchev–Trinajstić information content (AvgIpc) is 3.72.